The Morgan fingerprint density at radius 2 is 1.82 bits per heavy atom. The third-order valence-electron chi connectivity index (χ3n) is 3.11. The second kappa shape index (κ2) is 5.75. The lowest BCUT2D eigenvalue weighted by molar-refractivity contribution is -0.274. The van der Waals surface area contributed by atoms with E-state index in [0.717, 1.165) is 17.0 Å². The summed E-state index contributed by atoms with van der Waals surface area (Å²) in [7, 11) is -4.80. The molecular weight excluding hydrogens is 330 g/mol. The van der Waals surface area contributed by atoms with Crippen LogP contribution in [0, 0.1) is 0 Å². The molecule has 1 aromatic carbocycles. The van der Waals surface area contributed by atoms with Crippen LogP contribution in [0.15, 0.2) is 24.3 Å². The van der Waals surface area contributed by atoms with Crippen molar-refractivity contribution in [2.24, 2.45) is 0 Å². The topological polar surface area (TPSA) is 63.7 Å². The van der Waals surface area contributed by atoms with Crippen molar-refractivity contribution < 1.29 is 35.0 Å². The van der Waals surface area contributed by atoms with Gasteiger partial charge in [-0.1, -0.05) is 12.1 Å². The minimum Gasteiger partial charge on any atom is -0.406 e. The van der Waals surface area contributed by atoms with Gasteiger partial charge in [0.2, 0.25) is 5.91 Å². The van der Waals surface area contributed by atoms with Crippen LogP contribution in [0.25, 0.3) is 0 Å². The molecule has 5 nitrogen and oxygen atoms in total. The van der Waals surface area contributed by atoms with Crippen molar-refractivity contribution in [1.82, 2.24) is 4.90 Å². The predicted molar refractivity (Wildman–Crippen MR) is 67.0 cm³/mol. The number of carbonyl (C=O) groups is 1. The molecule has 0 bridgehead atoms. The Labute approximate surface area is 123 Å². The number of halogens is 4. The minimum atomic E-state index is -4.80. The highest BCUT2D eigenvalue weighted by molar-refractivity contribution is 7.87. The lowest BCUT2D eigenvalue weighted by Crippen LogP contribution is -2.26. The first kappa shape index (κ1) is 16.5. The zero-order valence-electron chi connectivity index (χ0n) is 11.0. The van der Waals surface area contributed by atoms with Gasteiger partial charge in [-0.05, 0) is 17.7 Å². The lowest BCUT2D eigenvalue weighted by Gasteiger charge is -2.16. The average molecular weight is 341 g/mol. The van der Waals surface area contributed by atoms with Gasteiger partial charge in [-0.3, -0.25) is 4.79 Å². The molecule has 1 amide bonds. The van der Waals surface area contributed by atoms with E-state index in [-0.39, 0.29) is 13.1 Å². The summed E-state index contributed by atoms with van der Waals surface area (Å²) < 4.78 is 74.2. The van der Waals surface area contributed by atoms with Gasteiger partial charge in [0.15, 0.2) is 0 Å². The molecule has 1 aliphatic rings. The Kier molecular flexibility index (Phi) is 4.32. The van der Waals surface area contributed by atoms with Crippen LogP contribution in [0.2, 0.25) is 0 Å². The summed E-state index contributed by atoms with van der Waals surface area (Å²) in [6.45, 7) is -0.296. The summed E-state index contributed by atoms with van der Waals surface area (Å²) in [5.41, 5.74) is 0.472. The van der Waals surface area contributed by atoms with Crippen molar-refractivity contribution in [3.05, 3.63) is 29.8 Å². The first-order chi connectivity index (χ1) is 10.0. The average Bonchev–Trinajstić information content (AvgIpc) is 2.72. The second-order valence-electron chi connectivity index (χ2n) is 4.77. The molecule has 0 aromatic heterocycles. The monoisotopic (exact) mass is 341 g/mol. The third kappa shape index (κ3) is 4.33. The lowest BCUT2D eigenvalue weighted by atomic mass is 10.2. The predicted octanol–water partition coefficient (Wildman–Crippen LogP) is 1.99. The van der Waals surface area contributed by atoms with Crippen LogP contribution in [0.5, 0.6) is 5.75 Å². The molecule has 1 atom stereocenters. The molecule has 2 rings (SSSR count). The Hall–Kier alpha value is -1.84. The first-order valence-electron chi connectivity index (χ1n) is 6.10. The van der Waals surface area contributed by atoms with E-state index in [1.165, 1.54) is 12.1 Å². The molecule has 122 valence electrons. The van der Waals surface area contributed by atoms with Gasteiger partial charge in [-0.15, -0.1) is 17.1 Å². The number of amides is 1. The van der Waals surface area contributed by atoms with E-state index < -0.39 is 39.9 Å². The highest BCUT2D eigenvalue weighted by Crippen LogP contribution is 2.25. The summed E-state index contributed by atoms with van der Waals surface area (Å²) in [4.78, 5) is 12.8. The second-order valence-corrected chi connectivity index (χ2v) is 6.39. The van der Waals surface area contributed by atoms with Gasteiger partial charge in [0, 0.05) is 19.5 Å². The van der Waals surface area contributed by atoms with Gasteiger partial charge in [-0.2, -0.15) is 8.42 Å². The van der Waals surface area contributed by atoms with Crippen molar-refractivity contribution in [1.29, 1.82) is 0 Å². The van der Waals surface area contributed by atoms with Crippen molar-refractivity contribution in [2.75, 3.05) is 6.54 Å². The van der Waals surface area contributed by atoms with Crippen LogP contribution in [-0.4, -0.2) is 37.4 Å². The van der Waals surface area contributed by atoms with E-state index in [1.54, 1.807) is 0 Å². The van der Waals surface area contributed by atoms with Crippen molar-refractivity contribution in [2.45, 2.75) is 24.6 Å². The van der Waals surface area contributed by atoms with E-state index >= 15 is 0 Å². The van der Waals surface area contributed by atoms with Crippen LogP contribution in [0.3, 0.4) is 0 Å². The summed E-state index contributed by atoms with van der Waals surface area (Å²) in [5.74, 6) is -0.935. The Bertz CT molecular complexity index is 657. The Morgan fingerprint density at radius 3 is 2.27 bits per heavy atom. The highest BCUT2D eigenvalue weighted by atomic mass is 32.3. The fourth-order valence-corrected chi connectivity index (χ4v) is 2.79. The van der Waals surface area contributed by atoms with E-state index in [9.17, 15) is 30.3 Å². The molecule has 1 aliphatic heterocycles. The Morgan fingerprint density at radius 1 is 1.23 bits per heavy atom. The van der Waals surface area contributed by atoms with Crippen LogP contribution in [0.1, 0.15) is 12.0 Å². The molecule has 1 saturated heterocycles. The Balaban J connectivity index is 2.01. The molecular formula is C12H11F4NO4S. The van der Waals surface area contributed by atoms with Gasteiger partial charge < -0.3 is 9.64 Å². The van der Waals surface area contributed by atoms with Crippen molar-refractivity contribution >= 4 is 16.1 Å². The van der Waals surface area contributed by atoms with E-state index in [0.29, 0.717) is 5.56 Å². The van der Waals surface area contributed by atoms with Crippen molar-refractivity contribution in [3.8, 4) is 5.75 Å². The molecule has 10 heteroatoms. The summed E-state index contributed by atoms with van der Waals surface area (Å²) in [6, 6.07) is 4.77. The maximum Gasteiger partial charge on any atom is 0.573 e. The van der Waals surface area contributed by atoms with Gasteiger partial charge in [0.05, 0.1) is 0 Å². The molecule has 0 radical (unpaired) electrons. The largest absolute Gasteiger partial charge is 0.573 e. The summed E-state index contributed by atoms with van der Waals surface area (Å²) in [5, 5.41) is -1.40. The number of hydrogen-bond donors (Lipinski definition) is 0. The number of ether oxygens (including phenoxy) is 1. The fraction of sp³-hybridized carbons (Fsp3) is 0.417. The third-order valence-corrected chi connectivity index (χ3v) is 4.22. The first-order valence-corrected chi connectivity index (χ1v) is 7.55. The smallest absolute Gasteiger partial charge is 0.406 e. The highest BCUT2D eigenvalue weighted by Gasteiger charge is 2.38. The maximum atomic E-state index is 12.9. The van der Waals surface area contributed by atoms with Crippen molar-refractivity contribution in [3.63, 3.8) is 0 Å². The van der Waals surface area contributed by atoms with Gasteiger partial charge >= 0.3 is 16.6 Å². The molecule has 0 saturated carbocycles. The van der Waals surface area contributed by atoms with E-state index in [2.05, 4.69) is 4.74 Å². The number of benzene rings is 1. The van der Waals surface area contributed by atoms with Gasteiger partial charge in [0.25, 0.3) is 0 Å². The number of alkyl halides is 3. The quantitative estimate of drug-likeness (QED) is 0.621. The fourth-order valence-electron chi connectivity index (χ4n) is 2.09. The van der Waals surface area contributed by atoms with Crippen LogP contribution in [-0.2, 0) is 21.6 Å². The van der Waals surface area contributed by atoms with Crippen LogP contribution >= 0.6 is 0 Å². The number of rotatable bonds is 4. The molecule has 1 fully saturated rings. The maximum absolute atomic E-state index is 12.9. The van der Waals surface area contributed by atoms with E-state index in [4.69, 9.17) is 0 Å². The van der Waals surface area contributed by atoms with Gasteiger partial charge in [-0.25, -0.2) is 0 Å². The zero-order chi connectivity index (χ0) is 16.5. The number of nitrogens with zero attached hydrogens (tertiary/aromatic N) is 1. The standard InChI is InChI=1S/C12H11F4NO4S/c13-12(14,15)21-9-3-1-8(2-4-9)6-17-7-10(5-11(17)18)22(16,19)20/h1-4,10H,5-7H2. The molecule has 1 aromatic rings. The summed E-state index contributed by atoms with van der Waals surface area (Å²) in [6.07, 6.45) is -5.23. The molecule has 0 spiro atoms. The van der Waals surface area contributed by atoms with E-state index in [1.807, 2.05) is 0 Å². The number of hydrogen-bond acceptors (Lipinski definition) is 4. The molecule has 22 heavy (non-hydrogen) atoms. The minimum absolute atomic E-state index is 0.0167. The van der Waals surface area contributed by atoms with Crippen LogP contribution in [0.4, 0.5) is 17.1 Å². The SMILES string of the molecule is O=C1CC(S(=O)(=O)F)CN1Cc1ccc(OC(F)(F)F)cc1. The molecule has 1 unspecified atom stereocenters. The summed E-state index contributed by atoms with van der Waals surface area (Å²) >= 11 is 0. The molecule has 0 N–H and O–H groups in total. The van der Waals surface area contributed by atoms with Crippen LogP contribution < -0.4 is 4.74 Å². The normalized spacial score (nSPS) is 19.5. The zero-order valence-corrected chi connectivity index (χ0v) is 11.8. The molecule has 0 aliphatic carbocycles. The number of likely N-dealkylation sites (tertiary alicyclic amines) is 1. The molecule has 1 heterocycles. The van der Waals surface area contributed by atoms with Gasteiger partial charge in [0.1, 0.15) is 11.0 Å². The number of carbonyl (C=O) groups excluding carboxylic acids is 1.